The number of halogens is 1. The molecule has 1 atom stereocenters. The van der Waals surface area contributed by atoms with Gasteiger partial charge in [0, 0.05) is 29.1 Å². The van der Waals surface area contributed by atoms with Crippen molar-refractivity contribution in [2.75, 3.05) is 6.61 Å². The third kappa shape index (κ3) is 9.00. The lowest BCUT2D eigenvalue weighted by molar-refractivity contribution is -0.113. The summed E-state index contributed by atoms with van der Waals surface area (Å²) in [6.07, 6.45) is 11.5. The van der Waals surface area contributed by atoms with Crippen molar-refractivity contribution in [1.82, 2.24) is 9.55 Å². The maximum Gasteiger partial charge on any atom is 0.160 e. The van der Waals surface area contributed by atoms with Gasteiger partial charge >= 0.3 is 0 Å². The Morgan fingerprint density at radius 3 is 2.44 bits per heavy atom. The maximum atomic E-state index is 12.9. The fourth-order valence-electron chi connectivity index (χ4n) is 4.35. The molecule has 0 saturated carbocycles. The van der Waals surface area contributed by atoms with E-state index in [0.717, 1.165) is 77.4 Å². The fourth-order valence-corrected chi connectivity index (χ4v) is 5.64. The van der Waals surface area contributed by atoms with Crippen LogP contribution in [0.1, 0.15) is 56.4 Å². The fraction of sp³-hybridized carbons (Fsp3) is 0.294. The molecule has 7 heteroatoms. The molecular formula is C34H37ClN2O3S. The van der Waals surface area contributed by atoms with Crippen LogP contribution in [0.25, 0.3) is 17.2 Å². The van der Waals surface area contributed by atoms with E-state index in [0.29, 0.717) is 10.8 Å². The number of carbonyl (C=O) groups is 1. The van der Waals surface area contributed by atoms with E-state index in [1.807, 2.05) is 66.7 Å². The quantitative estimate of drug-likeness (QED) is 0.103. The normalized spacial score (nSPS) is 12.1. The van der Waals surface area contributed by atoms with Crippen LogP contribution in [0.5, 0.6) is 5.75 Å². The Morgan fingerprint density at radius 2 is 1.71 bits per heavy atom. The highest BCUT2D eigenvalue weighted by molar-refractivity contribution is 7.84. The summed E-state index contributed by atoms with van der Waals surface area (Å²) in [5.41, 5.74) is 4.68. The van der Waals surface area contributed by atoms with Gasteiger partial charge in [0.15, 0.2) is 5.78 Å². The van der Waals surface area contributed by atoms with Crippen LogP contribution in [-0.2, 0) is 34.3 Å². The minimum Gasteiger partial charge on any atom is -0.494 e. The van der Waals surface area contributed by atoms with Crippen LogP contribution < -0.4 is 4.74 Å². The van der Waals surface area contributed by atoms with Gasteiger partial charge in [-0.15, -0.1) is 0 Å². The van der Waals surface area contributed by atoms with Gasteiger partial charge in [0.05, 0.1) is 35.2 Å². The first-order chi connectivity index (χ1) is 20.0. The minimum absolute atomic E-state index is 0.0336. The summed E-state index contributed by atoms with van der Waals surface area (Å²) in [5, 5.41) is 0.584. The van der Waals surface area contributed by atoms with E-state index in [4.69, 9.17) is 16.3 Å². The topological polar surface area (TPSA) is 61.2 Å². The number of rotatable bonds is 15. The van der Waals surface area contributed by atoms with Gasteiger partial charge in [-0.2, -0.15) is 0 Å². The predicted molar refractivity (Wildman–Crippen MR) is 169 cm³/mol. The third-order valence-electron chi connectivity index (χ3n) is 6.79. The highest BCUT2D eigenvalue weighted by Gasteiger charge is 2.10. The number of aromatic nitrogens is 2. The molecule has 1 aromatic heterocycles. The van der Waals surface area contributed by atoms with Crippen molar-refractivity contribution >= 4 is 34.3 Å². The van der Waals surface area contributed by atoms with Gasteiger partial charge in [-0.05, 0) is 83.6 Å². The van der Waals surface area contributed by atoms with Crippen molar-refractivity contribution in [2.45, 2.75) is 63.1 Å². The van der Waals surface area contributed by atoms with Crippen LogP contribution in [0.4, 0.5) is 0 Å². The number of carbonyl (C=O) groups excluding carboxylic acids is 1. The number of nitrogens with zero attached hydrogens (tertiary/aromatic N) is 2. The molecule has 0 N–H and O–H groups in total. The van der Waals surface area contributed by atoms with Gasteiger partial charge < -0.3 is 9.30 Å². The standard InChI is InChI=1S/C34H37ClN2O3S/c1-3-5-19-37-25-36-23-30(37)24-41(39)33-16-7-26(8-17-33)21-31(38)13-9-29-22-28(12-18-34(29)35)27-10-14-32(15-11-27)40-20-6-4-2/h7-18,22-23,25H,3-6,19-21,24H2,1-2H3/b13-9+. The van der Waals surface area contributed by atoms with Crippen LogP contribution in [0, 0.1) is 0 Å². The minimum atomic E-state index is -1.18. The molecule has 0 spiro atoms. The molecular weight excluding hydrogens is 552 g/mol. The lowest BCUT2D eigenvalue weighted by Crippen LogP contribution is -2.05. The summed E-state index contributed by atoms with van der Waals surface area (Å²) in [6, 6.07) is 21.2. The molecule has 0 saturated heterocycles. The second kappa shape index (κ2) is 15.5. The van der Waals surface area contributed by atoms with Crippen molar-refractivity contribution in [2.24, 2.45) is 0 Å². The number of benzene rings is 3. The lowest BCUT2D eigenvalue weighted by atomic mass is 10.0. The highest BCUT2D eigenvalue weighted by atomic mass is 35.5. The van der Waals surface area contributed by atoms with E-state index in [1.165, 1.54) is 0 Å². The van der Waals surface area contributed by atoms with Crippen LogP contribution >= 0.6 is 11.6 Å². The van der Waals surface area contributed by atoms with Gasteiger partial charge in [-0.3, -0.25) is 9.00 Å². The van der Waals surface area contributed by atoms with Gasteiger partial charge in [0.25, 0.3) is 0 Å². The molecule has 41 heavy (non-hydrogen) atoms. The van der Waals surface area contributed by atoms with Crippen molar-refractivity contribution in [3.63, 3.8) is 0 Å². The predicted octanol–water partition coefficient (Wildman–Crippen LogP) is 8.32. The molecule has 0 aliphatic carbocycles. The Hall–Kier alpha value is -3.48. The Balaban J connectivity index is 1.34. The largest absolute Gasteiger partial charge is 0.494 e. The smallest absolute Gasteiger partial charge is 0.160 e. The SMILES string of the molecule is CCCCOc1ccc(-c2ccc(Cl)c(/C=C/C(=O)Cc3ccc(S(=O)Cc4cncn4CCCC)cc3)c2)cc1. The molecule has 0 amide bonds. The van der Waals surface area contributed by atoms with Crippen LogP contribution in [0.2, 0.25) is 5.02 Å². The first kappa shape index (κ1) is 30.5. The third-order valence-corrected chi connectivity index (χ3v) is 8.49. The Kier molecular flexibility index (Phi) is 11.5. The first-order valence-electron chi connectivity index (χ1n) is 14.2. The second-order valence-corrected chi connectivity index (χ2v) is 11.9. The summed E-state index contributed by atoms with van der Waals surface area (Å²) < 4.78 is 20.8. The zero-order chi connectivity index (χ0) is 29.0. The molecule has 1 heterocycles. The average Bonchev–Trinajstić information content (AvgIpc) is 3.43. The second-order valence-electron chi connectivity index (χ2n) is 10.0. The van der Waals surface area contributed by atoms with Gasteiger partial charge in [0.2, 0.25) is 0 Å². The maximum absolute atomic E-state index is 12.9. The van der Waals surface area contributed by atoms with Crippen molar-refractivity contribution in [3.8, 4) is 16.9 Å². The molecule has 0 aliphatic rings. The Morgan fingerprint density at radius 1 is 0.976 bits per heavy atom. The first-order valence-corrected chi connectivity index (χ1v) is 15.9. The van der Waals surface area contributed by atoms with Gasteiger partial charge in [-0.1, -0.05) is 68.6 Å². The van der Waals surface area contributed by atoms with Gasteiger partial charge in [-0.25, -0.2) is 4.98 Å². The average molecular weight is 589 g/mol. The molecule has 5 nitrogen and oxygen atoms in total. The van der Waals surface area contributed by atoms with Crippen LogP contribution in [0.3, 0.4) is 0 Å². The number of hydrogen-bond acceptors (Lipinski definition) is 4. The lowest BCUT2D eigenvalue weighted by Gasteiger charge is -2.08. The summed E-state index contributed by atoms with van der Waals surface area (Å²) in [6.45, 7) is 5.89. The summed E-state index contributed by atoms with van der Waals surface area (Å²) in [4.78, 5) is 17.7. The molecule has 0 fully saturated rings. The molecule has 3 aromatic carbocycles. The molecule has 0 bridgehead atoms. The zero-order valence-corrected chi connectivity index (χ0v) is 25.3. The number of hydrogen-bond donors (Lipinski definition) is 0. The van der Waals surface area contributed by atoms with Crippen LogP contribution in [0.15, 0.2) is 90.2 Å². The molecule has 0 radical (unpaired) electrons. The Labute approximate surface area is 250 Å². The Bertz CT molecular complexity index is 1480. The van der Waals surface area contributed by atoms with E-state index in [2.05, 4.69) is 23.4 Å². The number of ketones is 1. The highest BCUT2D eigenvalue weighted by Crippen LogP contribution is 2.28. The molecule has 4 aromatic rings. The van der Waals surface area contributed by atoms with Gasteiger partial charge in [0.1, 0.15) is 5.75 Å². The monoisotopic (exact) mass is 588 g/mol. The van der Waals surface area contributed by atoms with Crippen LogP contribution in [-0.4, -0.2) is 26.2 Å². The molecule has 1 unspecified atom stereocenters. The molecule has 0 aliphatic heterocycles. The number of unbranched alkanes of at least 4 members (excludes halogenated alkanes) is 2. The van der Waals surface area contributed by atoms with E-state index in [1.54, 1.807) is 24.7 Å². The van der Waals surface area contributed by atoms with E-state index in [-0.39, 0.29) is 12.2 Å². The number of aryl methyl sites for hydroxylation is 1. The van der Waals surface area contributed by atoms with Crippen molar-refractivity contribution < 1.29 is 13.7 Å². The summed E-state index contributed by atoms with van der Waals surface area (Å²) >= 11 is 6.44. The van der Waals surface area contributed by atoms with E-state index in [9.17, 15) is 9.00 Å². The number of imidazole rings is 1. The molecule has 4 rings (SSSR count). The summed E-state index contributed by atoms with van der Waals surface area (Å²) in [7, 11) is -1.18. The molecule has 214 valence electrons. The van der Waals surface area contributed by atoms with Crippen molar-refractivity contribution in [3.05, 3.63) is 107 Å². The number of ether oxygens (including phenoxy) is 1. The van der Waals surface area contributed by atoms with E-state index >= 15 is 0 Å². The van der Waals surface area contributed by atoms with E-state index < -0.39 is 10.8 Å². The van der Waals surface area contributed by atoms with Crippen molar-refractivity contribution in [1.29, 1.82) is 0 Å². The zero-order valence-electron chi connectivity index (χ0n) is 23.7. The number of allylic oxidation sites excluding steroid dienone is 1. The summed E-state index contributed by atoms with van der Waals surface area (Å²) in [5.74, 6) is 1.24.